The molecule has 1 fully saturated rings. The standard InChI is InChI=1S/C11H20/c1-3-7-11(8-4-2)9-5-6-10-11/h3-9H2,1-2H3. The second-order valence-corrected chi connectivity index (χ2v) is 3.81. The first-order chi connectivity index (χ1) is 5.33. The SMILES string of the molecule is CCCC1(CCC)[C]CCC1. The Labute approximate surface area is 71.4 Å². The minimum absolute atomic E-state index is 0.545. The molecule has 0 unspecified atom stereocenters. The second kappa shape index (κ2) is 4.13. The van der Waals surface area contributed by atoms with Crippen LogP contribution in [0, 0.1) is 11.8 Å². The van der Waals surface area contributed by atoms with Gasteiger partial charge in [0, 0.05) is 0 Å². The Kier molecular flexibility index (Phi) is 3.42. The van der Waals surface area contributed by atoms with Crippen LogP contribution in [0.15, 0.2) is 0 Å². The monoisotopic (exact) mass is 152 g/mol. The lowest BCUT2D eigenvalue weighted by molar-refractivity contribution is 0.298. The quantitative estimate of drug-likeness (QED) is 0.574. The summed E-state index contributed by atoms with van der Waals surface area (Å²) in [4.78, 5) is 0. The summed E-state index contributed by atoms with van der Waals surface area (Å²) < 4.78 is 0. The first-order valence-electron chi connectivity index (χ1n) is 5.08. The largest absolute Gasteiger partial charge is 0.0654 e. The molecule has 0 bridgehead atoms. The van der Waals surface area contributed by atoms with Crippen LogP contribution in [0.4, 0.5) is 0 Å². The first kappa shape index (κ1) is 9.09. The molecule has 0 aromatic carbocycles. The third-order valence-electron chi connectivity index (χ3n) is 2.79. The molecule has 0 N–H and O–H groups in total. The lowest BCUT2D eigenvalue weighted by atomic mass is 9.78. The van der Waals surface area contributed by atoms with Crippen LogP contribution in [0.25, 0.3) is 0 Å². The second-order valence-electron chi connectivity index (χ2n) is 3.81. The van der Waals surface area contributed by atoms with Gasteiger partial charge < -0.3 is 0 Å². The summed E-state index contributed by atoms with van der Waals surface area (Å²) in [5, 5.41) is 0. The molecule has 0 heteroatoms. The molecule has 0 atom stereocenters. The van der Waals surface area contributed by atoms with E-state index in [9.17, 15) is 0 Å². The summed E-state index contributed by atoms with van der Waals surface area (Å²) in [5.41, 5.74) is 0.545. The van der Waals surface area contributed by atoms with E-state index in [1.165, 1.54) is 44.9 Å². The van der Waals surface area contributed by atoms with Gasteiger partial charge in [-0.25, -0.2) is 0 Å². The van der Waals surface area contributed by atoms with E-state index in [1.807, 2.05) is 0 Å². The molecule has 1 saturated carbocycles. The zero-order valence-electron chi connectivity index (χ0n) is 7.95. The topological polar surface area (TPSA) is 0 Å². The van der Waals surface area contributed by atoms with Gasteiger partial charge in [0.25, 0.3) is 0 Å². The molecular formula is C11H20. The van der Waals surface area contributed by atoms with Gasteiger partial charge in [0.2, 0.25) is 0 Å². The van der Waals surface area contributed by atoms with E-state index >= 15 is 0 Å². The van der Waals surface area contributed by atoms with Gasteiger partial charge in [-0.3, -0.25) is 0 Å². The molecule has 1 aliphatic rings. The Bertz CT molecular complexity index is 90.6. The Morgan fingerprint density at radius 2 is 1.82 bits per heavy atom. The Balaban J connectivity index is 2.40. The molecule has 2 radical (unpaired) electrons. The molecule has 1 aliphatic carbocycles. The number of hydrogen-bond donors (Lipinski definition) is 0. The van der Waals surface area contributed by atoms with Crippen LogP contribution in [0.1, 0.15) is 58.8 Å². The third-order valence-corrected chi connectivity index (χ3v) is 2.79. The summed E-state index contributed by atoms with van der Waals surface area (Å²) in [5.74, 6) is 0. The molecule has 0 aliphatic heterocycles. The van der Waals surface area contributed by atoms with Crippen LogP contribution in [-0.2, 0) is 0 Å². The lowest BCUT2D eigenvalue weighted by Gasteiger charge is -2.27. The zero-order chi connectivity index (χ0) is 8.16. The molecule has 0 aromatic heterocycles. The van der Waals surface area contributed by atoms with Crippen molar-refractivity contribution < 1.29 is 0 Å². The van der Waals surface area contributed by atoms with Crippen molar-refractivity contribution in [1.82, 2.24) is 0 Å². The molecule has 1 rings (SSSR count). The Hall–Kier alpha value is 0. The maximum atomic E-state index is 3.67. The molecule has 0 saturated heterocycles. The van der Waals surface area contributed by atoms with Gasteiger partial charge in [-0.15, -0.1) is 0 Å². The maximum absolute atomic E-state index is 3.67. The highest BCUT2D eigenvalue weighted by Gasteiger charge is 2.32. The summed E-state index contributed by atoms with van der Waals surface area (Å²) in [6, 6.07) is 0. The van der Waals surface area contributed by atoms with E-state index in [0.717, 1.165) is 0 Å². The highest BCUT2D eigenvalue weighted by atomic mass is 14.4. The summed E-state index contributed by atoms with van der Waals surface area (Å²) in [6.45, 7) is 4.58. The van der Waals surface area contributed by atoms with Crippen LogP contribution >= 0.6 is 0 Å². The summed E-state index contributed by atoms with van der Waals surface area (Å²) in [7, 11) is 0. The fourth-order valence-electron chi connectivity index (χ4n) is 2.38. The first-order valence-corrected chi connectivity index (χ1v) is 5.08. The molecule has 0 amide bonds. The molecule has 0 nitrogen and oxygen atoms in total. The fraction of sp³-hybridized carbons (Fsp3) is 0.909. The average molecular weight is 152 g/mol. The normalized spacial score (nSPS) is 22.4. The molecule has 0 heterocycles. The van der Waals surface area contributed by atoms with Crippen molar-refractivity contribution in [2.75, 3.05) is 0 Å². The van der Waals surface area contributed by atoms with Gasteiger partial charge in [0.1, 0.15) is 0 Å². The van der Waals surface area contributed by atoms with E-state index < -0.39 is 0 Å². The van der Waals surface area contributed by atoms with Gasteiger partial charge in [-0.2, -0.15) is 0 Å². The average Bonchev–Trinajstić information content (AvgIpc) is 2.39. The van der Waals surface area contributed by atoms with Crippen molar-refractivity contribution in [3.8, 4) is 0 Å². The minimum Gasteiger partial charge on any atom is -0.0654 e. The molecule has 64 valence electrons. The van der Waals surface area contributed by atoms with Gasteiger partial charge >= 0.3 is 0 Å². The minimum atomic E-state index is 0.545. The predicted octanol–water partition coefficient (Wildman–Crippen LogP) is 3.84. The number of rotatable bonds is 4. The van der Waals surface area contributed by atoms with Crippen molar-refractivity contribution in [3.05, 3.63) is 6.42 Å². The molecule has 11 heavy (non-hydrogen) atoms. The van der Waals surface area contributed by atoms with Crippen molar-refractivity contribution in [1.29, 1.82) is 0 Å². The van der Waals surface area contributed by atoms with Crippen molar-refractivity contribution in [2.45, 2.75) is 58.8 Å². The van der Waals surface area contributed by atoms with E-state index in [-0.39, 0.29) is 0 Å². The van der Waals surface area contributed by atoms with Crippen LogP contribution in [0.3, 0.4) is 0 Å². The fourth-order valence-corrected chi connectivity index (χ4v) is 2.38. The van der Waals surface area contributed by atoms with Crippen molar-refractivity contribution in [3.63, 3.8) is 0 Å². The lowest BCUT2D eigenvalue weighted by Crippen LogP contribution is -2.15. The molecule has 0 spiro atoms. The van der Waals surface area contributed by atoms with E-state index in [1.54, 1.807) is 0 Å². The van der Waals surface area contributed by atoms with Crippen LogP contribution in [0.5, 0.6) is 0 Å². The van der Waals surface area contributed by atoms with Gasteiger partial charge in [0.15, 0.2) is 0 Å². The van der Waals surface area contributed by atoms with Crippen molar-refractivity contribution in [2.24, 2.45) is 5.41 Å². The summed E-state index contributed by atoms with van der Waals surface area (Å²) >= 11 is 0. The van der Waals surface area contributed by atoms with Gasteiger partial charge in [-0.1, -0.05) is 33.1 Å². The molecule has 0 aromatic rings. The molecular weight excluding hydrogens is 132 g/mol. The van der Waals surface area contributed by atoms with Crippen LogP contribution in [-0.4, -0.2) is 0 Å². The third kappa shape index (κ3) is 2.21. The predicted molar refractivity (Wildman–Crippen MR) is 49.3 cm³/mol. The highest BCUT2D eigenvalue weighted by molar-refractivity contribution is 4.96. The smallest absolute Gasteiger partial charge is 0.0106 e. The zero-order valence-corrected chi connectivity index (χ0v) is 7.95. The summed E-state index contributed by atoms with van der Waals surface area (Å²) in [6.07, 6.45) is 13.1. The van der Waals surface area contributed by atoms with E-state index in [0.29, 0.717) is 5.41 Å². The maximum Gasteiger partial charge on any atom is -0.0106 e. The number of hydrogen-bond acceptors (Lipinski definition) is 0. The van der Waals surface area contributed by atoms with E-state index in [4.69, 9.17) is 0 Å². The van der Waals surface area contributed by atoms with Crippen LogP contribution in [0.2, 0.25) is 0 Å². The van der Waals surface area contributed by atoms with E-state index in [2.05, 4.69) is 20.3 Å². The Morgan fingerprint density at radius 1 is 1.18 bits per heavy atom. The van der Waals surface area contributed by atoms with Gasteiger partial charge in [0.05, 0.1) is 0 Å². The Morgan fingerprint density at radius 3 is 2.18 bits per heavy atom. The van der Waals surface area contributed by atoms with Crippen molar-refractivity contribution >= 4 is 0 Å². The van der Waals surface area contributed by atoms with Gasteiger partial charge in [-0.05, 0) is 37.5 Å². The van der Waals surface area contributed by atoms with Crippen LogP contribution < -0.4 is 0 Å². The highest BCUT2D eigenvalue weighted by Crippen LogP contribution is 2.44.